The van der Waals surface area contributed by atoms with Gasteiger partial charge in [-0.15, -0.1) is 5.10 Å². The zero-order chi connectivity index (χ0) is 42.3. The van der Waals surface area contributed by atoms with Crippen molar-refractivity contribution < 1.29 is 68.4 Å². The summed E-state index contributed by atoms with van der Waals surface area (Å²) in [4.78, 5) is 48.6. The SMILES string of the molecule is CCCCCCO[C@]1(C(=O)O)C[C@H](O)[C@@H](NC(=O)CO)[C@H]([C@H](O)[C@H](O)CNC(=O)Cc2ccc(-c3cn(CCOCCOCCOCCC(=O)NCC)nn3)cc2)O1. The highest BCUT2D eigenvalue weighted by molar-refractivity contribution is 5.79. The molecule has 3 rings (SSSR count). The number of carboxylic acids is 1. The van der Waals surface area contributed by atoms with Crippen molar-refractivity contribution in [3.8, 4) is 11.3 Å². The van der Waals surface area contributed by atoms with Gasteiger partial charge in [-0.2, -0.15) is 0 Å². The van der Waals surface area contributed by atoms with E-state index >= 15 is 0 Å². The molecule has 20 heteroatoms. The molecule has 58 heavy (non-hydrogen) atoms. The predicted molar refractivity (Wildman–Crippen MR) is 205 cm³/mol. The molecule has 1 aliphatic heterocycles. The lowest BCUT2D eigenvalue weighted by Crippen LogP contribution is -2.68. The Kier molecular flexibility index (Phi) is 21.7. The molecule has 2 aromatic rings. The Morgan fingerprint density at radius 1 is 0.914 bits per heavy atom. The van der Waals surface area contributed by atoms with E-state index in [2.05, 4.69) is 26.3 Å². The number of carboxylic acid groups (broad SMARTS) is 1. The molecule has 8 N–H and O–H groups in total. The van der Waals surface area contributed by atoms with Gasteiger partial charge >= 0.3 is 5.97 Å². The van der Waals surface area contributed by atoms with Crippen LogP contribution in [0.1, 0.15) is 57.9 Å². The van der Waals surface area contributed by atoms with Gasteiger partial charge < -0.3 is 65.2 Å². The summed E-state index contributed by atoms with van der Waals surface area (Å²) < 4.78 is 29.4. The van der Waals surface area contributed by atoms with Crippen LogP contribution in [0.3, 0.4) is 0 Å². The molecule has 2 heterocycles. The highest BCUT2D eigenvalue weighted by Crippen LogP contribution is 2.34. The fraction of sp³-hybridized carbons (Fsp3) is 0.684. The Bertz CT molecular complexity index is 1530. The fourth-order valence-electron chi connectivity index (χ4n) is 6.00. The third-order valence-corrected chi connectivity index (χ3v) is 9.15. The van der Waals surface area contributed by atoms with Crippen molar-refractivity contribution in [3.63, 3.8) is 0 Å². The largest absolute Gasteiger partial charge is 0.477 e. The van der Waals surface area contributed by atoms with Gasteiger partial charge in [-0.3, -0.25) is 14.4 Å². The number of rotatable bonds is 29. The zero-order valence-corrected chi connectivity index (χ0v) is 33.3. The summed E-state index contributed by atoms with van der Waals surface area (Å²) in [5.74, 6) is -5.43. The molecule has 3 amide bonds. The second kappa shape index (κ2) is 26.1. The van der Waals surface area contributed by atoms with Gasteiger partial charge in [0.2, 0.25) is 17.7 Å². The van der Waals surface area contributed by atoms with Gasteiger partial charge in [-0.25, -0.2) is 9.48 Å². The molecule has 0 radical (unpaired) electrons. The number of nitrogens with zero attached hydrogens (tertiary/aromatic N) is 3. The van der Waals surface area contributed by atoms with Gasteiger partial charge in [0.1, 0.15) is 24.5 Å². The van der Waals surface area contributed by atoms with Crippen LogP contribution in [-0.4, -0.2) is 166 Å². The van der Waals surface area contributed by atoms with E-state index < -0.39 is 73.6 Å². The maximum Gasteiger partial charge on any atom is 0.364 e. The molecule has 0 bridgehead atoms. The van der Waals surface area contributed by atoms with Gasteiger partial charge in [0, 0.05) is 31.5 Å². The summed E-state index contributed by atoms with van der Waals surface area (Å²) in [5.41, 5.74) is 2.01. The number of ether oxygens (including phenoxy) is 5. The van der Waals surface area contributed by atoms with E-state index in [-0.39, 0.29) is 18.9 Å². The van der Waals surface area contributed by atoms with E-state index in [0.29, 0.717) is 76.8 Å². The minimum atomic E-state index is -2.39. The van der Waals surface area contributed by atoms with Crippen molar-refractivity contribution in [1.29, 1.82) is 0 Å². The summed E-state index contributed by atoms with van der Waals surface area (Å²) in [6.45, 7) is 5.77. The highest BCUT2D eigenvalue weighted by atomic mass is 16.7. The molecule has 1 aromatic heterocycles. The molecule has 0 aliphatic carbocycles. The first-order valence-corrected chi connectivity index (χ1v) is 19.7. The van der Waals surface area contributed by atoms with Crippen molar-refractivity contribution in [2.24, 2.45) is 0 Å². The van der Waals surface area contributed by atoms with Gasteiger partial charge in [0.05, 0.1) is 83.7 Å². The minimum absolute atomic E-state index is 0.0229. The number of benzene rings is 1. The molecule has 0 saturated carbocycles. The third-order valence-electron chi connectivity index (χ3n) is 9.15. The Labute approximate surface area is 337 Å². The maximum atomic E-state index is 12.8. The Hall–Kier alpha value is -4.12. The van der Waals surface area contributed by atoms with Gasteiger partial charge in [0.15, 0.2) is 0 Å². The minimum Gasteiger partial charge on any atom is -0.477 e. The number of aromatic nitrogens is 3. The van der Waals surface area contributed by atoms with E-state index in [0.717, 1.165) is 24.8 Å². The van der Waals surface area contributed by atoms with Crippen LogP contribution in [0.2, 0.25) is 0 Å². The average Bonchev–Trinajstić information content (AvgIpc) is 3.68. The smallest absolute Gasteiger partial charge is 0.364 e. The summed E-state index contributed by atoms with van der Waals surface area (Å²) in [6.07, 6.45) is -2.44. The van der Waals surface area contributed by atoms with Crippen molar-refractivity contribution in [2.75, 3.05) is 65.9 Å². The van der Waals surface area contributed by atoms with E-state index in [1.165, 1.54) is 0 Å². The normalized spacial score (nSPS) is 20.3. The van der Waals surface area contributed by atoms with E-state index in [1.54, 1.807) is 35.1 Å². The van der Waals surface area contributed by atoms with Crippen molar-refractivity contribution in [1.82, 2.24) is 30.9 Å². The summed E-state index contributed by atoms with van der Waals surface area (Å²) in [7, 11) is 0. The number of amides is 3. The number of aliphatic hydroxyl groups excluding tert-OH is 4. The van der Waals surface area contributed by atoms with Crippen molar-refractivity contribution in [3.05, 3.63) is 36.0 Å². The first-order valence-electron chi connectivity index (χ1n) is 19.7. The Morgan fingerprint density at radius 3 is 2.26 bits per heavy atom. The maximum absolute atomic E-state index is 12.8. The number of aliphatic carboxylic acids is 1. The number of carbonyl (C=O) groups excluding carboxylic acids is 3. The average molecular weight is 825 g/mol. The van der Waals surface area contributed by atoms with Crippen LogP contribution < -0.4 is 16.0 Å². The molecule has 1 fully saturated rings. The summed E-state index contributed by atoms with van der Waals surface area (Å²) >= 11 is 0. The van der Waals surface area contributed by atoms with Crippen LogP contribution in [0.5, 0.6) is 0 Å². The number of hydrogen-bond acceptors (Lipinski definition) is 15. The molecule has 326 valence electrons. The highest BCUT2D eigenvalue weighted by Gasteiger charge is 2.55. The monoisotopic (exact) mass is 824 g/mol. The second-order valence-electron chi connectivity index (χ2n) is 13.7. The van der Waals surface area contributed by atoms with E-state index in [1.807, 2.05) is 13.8 Å². The third kappa shape index (κ3) is 16.3. The number of nitrogens with one attached hydrogen (secondary N) is 3. The number of aliphatic hydroxyl groups is 4. The van der Waals surface area contributed by atoms with Crippen LogP contribution in [0.4, 0.5) is 0 Å². The molecular weight excluding hydrogens is 764 g/mol. The number of carbonyl (C=O) groups is 4. The predicted octanol–water partition coefficient (Wildman–Crippen LogP) is -1.09. The Morgan fingerprint density at radius 2 is 1.60 bits per heavy atom. The van der Waals surface area contributed by atoms with Crippen LogP contribution in [0.15, 0.2) is 30.5 Å². The summed E-state index contributed by atoms with van der Waals surface area (Å²) in [6, 6.07) is 5.59. The lowest BCUT2D eigenvalue weighted by Gasteiger charge is -2.46. The van der Waals surface area contributed by atoms with Gasteiger partial charge in [0.25, 0.3) is 5.79 Å². The molecule has 1 aliphatic rings. The number of unbranched alkanes of at least 4 members (excludes halogenated alkanes) is 3. The van der Waals surface area contributed by atoms with Crippen molar-refractivity contribution >= 4 is 23.7 Å². The zero-order valence-electron chi connectivity index (χ0n) is 33.3. The molecule has 20 nitrogen and oxygen atoms in total. The lowest BCUT2D eigenvalue weighted by molar-refractivity contribution is -0.310. The van der Waals surface area contributed by atoms with E-state index in [4.69, 9.17) is 23.7 Å². The van der Waals surface area contributed by atoms with Crippen LogP contribution >= 0.6 is 0 Å². The van der Waals surface area contributed by atoms with Crippen LogP contribution in [0, 0.1) is 0 Å². The van der Waals surface area contributed by atoms with E-state index in [9.17, 15) is 44.7 Å². The molecular formula is C38H60N6O14. The number of hydrogen-bond donors (Lipinski definition) is 8. The topological polar surface area (TPSA) is 282 Å². The summed E-state index contributed by atoms with van der Waals surface area (Å²) in [5, 5.41) is 68.1. The molecule has 1 saturated heterocycles. The first kappa shape index (κ1) is 48.3. The molecule has 1 aromatic carbocycles. The standard InChI is InChI=1S/C38H60N6O14/c1-3-5-6-7-14-57-38(37(52)53)22-29(46)34(41-33(50)25-45)36(58-38)35(51)30(47)23-40-32(49)21-26-8-10-27(11-9-26)28-24-44(43-42-28)13-16-55-18-20-56-19-17-54-15-12-31(48)39-4-2/h8-11,24,29-30,34-36,45-47,51H,3-7,12-23,25H2,1-2H3,(H,39,48)(H,40,49)(H,41,50)(H,52,53)/t29-,30+,34+,35+,36+,38+/m0/s1. The molecule has 0 unspecified atom stereocenters. The lowest BCUT2D eigenvalue weighted by atomic mass is 9.88. The quantitative estimate of drug-likeness (QED) is 0.0453. The fourth-order valence-corrected chi connectivity index (χ4v) is 6.00. The van der Waals surface area contributed by atoms with Gasteiger partial charge in [-0.1, -0.05) is 55.7 Å². The van der Waals surface area contributed by atoms with Gasteiger partial charge in [-0.05, 0) is 18.9 Å². The van der Waals surface area contributed by atoms with Crippen LogP contribution in [-0.2, 0) is 55.8 Å². The first-order chi connectivity index (χ1) is 27.9. The molecule has 0 spiro atoms. The Balaban J connectivity index is 1.44. The second-order valence-corrected chi connectivity index (χ2v) is 13.7. The molecule has 6 atom stereocenters. The van der Waals surface area contributed by atoms with Crippen LogP contribution in [0.25, 0.3) is 11.3 Å². The van der Waals surface area contributed by atoms with Crippen molar-refractivity contribution in [2.45, 2.75) is 102 Å².